The summed E-state index contributed by atoms with van der Waals surface area (Å²) in [5.74, 6) is 0.811. The van der Waals surface area contributed by atoms with Crippen LogP contribution in [0.25, 0.3) is 0 Å². The van der Waals surface area contributed by atoms with Crippen LogP contribution in [0, 0.1) is 11.8 Å². The molecule has 2 heterocycles. The summed E-state index contributed by atoms with van der Waals surface area (Å²) in [5.41, 5.74) is 6.06. The smallest absolute Gasteiger partial charge is 0.227 e. The number of hydrogen-bond acceptors (Lipinski definition) is 4. The molecule has 20 heavy (non-hydrogen) atoms. The van der Waals surface area contributed by atoms with Gasteiger partial charge in [-0.2, -0.15) is 5.10 Å². The number of nitrogens with zero attached hydrogens (tertiary/aromatic N) is 4. The van der Waals surface area contributed by atoms with Crippen molar-refractivity contribution >= 4 is 5.91 Å². The maximum atomic E-state index is 12.6. The van der Waals surface area contributed by atoms with Crippen molar-refractivity contribution in [1.29, 1.82) is 0 Å². The monoisotopic (exact) mass is 277 g/mol. The summed E-state index contributed by atoms with van der Waals surface area (Å²) >= 11 is 0. The van der Waals surface area contributed by atoms with Crippen LogP contribution in [0.5, 0.6) is 0 Å². The topological polar surface area (TPSA) is 77.0 Å². The van der Waals surface area contributed by atoms with E-state index in [9.17, 15) is 4.79 Å². The van der Waals surface area contributed by atoms with Crippen LogP contribution in [0.4, 0.5) is 0 Å². The maximum absolute atomic E-state index is 12.6. The first-order chi connectivity index (χ1) is 9.74. The van der Waals surface area contributed by atoms with Gasteiger partial charge < -0.3 is 10.6 Å². The van der Waals surface area contributed by atoms with Gasteiger partial charge in [0.25, 0.3) is 0 Å². The van der Waals surface area contributed by atoms with Gasteiger partial charge in [-0.3, -0.25) is 9.48 Å². The molecule has 1 aliphatic heterocycles. The van der Waals surface area contributed by atoms with E-state index < -0.39 is 0 Å². The summed E-state index contributed by atoms with van der Waals surface area (Å²) in [5, 5.41) is 4.15. The summed E-state index contributed by atoms with van der Waals surface area (Å²) < 4.78 is 1.86. The van der Waals surface area contributed by atoms with E-state index in [1.54, 1.807) is 12.7 Å². The molecule has 0 aromatic carbocycles. The van der Waals surface area contributed by atoms with Gasteiger partial charge in [0.1, 0.15) is 12.7 Å². The number of carbonyl (C=O) groups is 1. The molecule has 6 heteroatoms. The highest BCUT2D eigenvalue weighted by Gasteiger charge is 2.35. The Hall–Kier alpha value is -1.43. The zero-order valence-corrected chi connectivity index (χ0v) is 11.8. The van der Waals surface area contributed by atoms with Crippen LogP contribution in [-0.4, -0.2) is 44.7 Å². The zero-order chi connectivity index (χ0) is 13.9. The second kappa shape index (κ2) is 5.91. The highest BCUT2D eigenvalue weighted by molar-refractivity contribution is 5.80. The molecule has 2 aliphatic rings. The van der Waals surface area contributed by atoms with Gasteiger partial charge in [-0.15, -0.1) is 0 Å². The van der Waals surface area contributed by atoms with Gasteiger partial charge in [0, 0.05) is 25.7 Å². The van der Waals surface area contributed by atoms with Gasteiger partial charge in [-0.05, 0) is 31.6 Å². The molecule has 2 N–H and O–H groups in total. The van der Waals surface area contributed by atoms with E-state index in [1.807, 2.05) is 9.58 Å². The number of aromatic nitrogens is 3. The molecule has 110 valence electrons. The summed E-state index contributed by atoms with van der Waals surface area (Å²) in [4.78, 5) is 18.6. The summed E-state index contributed by atoms with van der Waals surface area (Å²) in [6, 6.07) is 0.0678. The van der Waals surface area contributed by atoms with Crippen molar-refractivity contribution in [2.24, 2.45) is 17.6 Å². The quantitative estimate of drug-likeness (QED) is 0.879. The molecular formula is C14H23N5O. The molecule has 0 bridgehead atoms. The Morgan fingerprint density at radius 1 is 1.30 bits per heavy atom. The fraction of sp³-hybridized carbons (Fsp3) is 0.786. The predicted molar refractivity (Wildman–Crippen MR) is 74.6 cm³/mol. The van der Waals surface area contributed by atoms with Crippen molar-refractivity contribution in [3.63, 3.8) is 0 Å². The number of carbonyl (C=O) groups excluding carboxylic acids is 1. The molecule has 0 radical (unpaired) electrons. The normalized spacial score (nSPS) is 30.6. The molecule has 0 spiro atoms. The lowest BCUT2D eigenvalue weighted by atomic mass is 9.95. The van der Waals surface area contributed by atoms with E-state index in [-0.39, 0.29) is 17.9 Å². The minimum absolute atomic E-state index is 0.0557. The number of rotatable bonds is 3. The van der Waals surface area contributed by atoms with E-state index in [1.165, 1.54) is 0 Å². The van der Waals surface area contributed by atoms with Crippen LogP contribution in [0.1, 0.15) is 32.1 Å². The Morgan fingerprint density at radius 2 is 2.20 bits per heavy atom. The van der Waals surface area contributed by atoms with Crippen molar-refractivity contribution in [2.75, 3.05) is 13.1 Å². The van der Waals surface area contributed by atoms with Crippen LogP contribution < -0.4 is 5.73 Å². The van der Waals surface area contributed by atoms with E-state index in [4.69, 9.17) is 5.73 Å². The SMILES string of the molecule is N[C@@H]1CCC[C@@H]1C(=O)N1CCC[C@@H](Cn2cncn2)C1. The van der Waals surface area contributed by atoms with Crippen LogP contribution in [0.2, 0.25) is 0 Å². The second-order valence-corrected chi connectivity index (χ2v) is 6.11. The lowest BCUT2D eigenvalue weighted by Crippen LogP contribution is -2.46. The van der Waals surface area contributed by atoms with E-state index in [0.717, 1.165) is 51.7 Å². The maximum Gasteiger partial charge on any atom is 0.227 e. The highest BCUT2D eigenvalue weighted by atomic mass is 16.2. The molecule has 1 aromatic heterocycles. The Bertz CT molecular complexity index is 446. The first-order valence-corrected chi connectivity index (χ1v) is 7.61. The molecule has 1 saturated heterocycles. The fourth-order valence-electron chi connectivity index (χ4n) is 3.54. The molecular weight excluding hydrogens is 254 g/mol. The average Bonchev–Trinajstić information content (AvgIpc) is 3.10. The fourth-order valence-corrected chi connectivity index (χ4v) is 3.54. The zero-order valence-electron chi connectivity index (χ0n) is 11.8. The van der Waals surface area contributed by atoms with Crippen molar-refractivity contribution in [1.82, 2.24) is 19.7 Å². The standard InChI is InChI=1S/C14H23N5O/c15-13-5-1-4-12(13)14(20)18-6-2-3-11(7-18)8-19-10-16-9-17-19/h9-13H,1-8,15H2/t11-,12+,13-/m1/s1. The molecule has 3 atom stereocenters. The van der Waals surface area contributed by atoms with Gasteiger partial charge in [-0.25, -0.2) is 4.98 Å². The molecule has 1 aromatic rings. The van der Waals surface area contributed by atoms with Crippen molar-refractivity contribution in [2.45, 2.75) is 44.7 Å². The van der Waals surface area contributed by atoms with Crippen molar-refractivity contribution < 1.29 is 4.79 Å². The first kappa shape index (κ1) is 13.5. The third-order valence-corrected chi connectivity index (χ3v) is 4.63. The molecule has 0 unspecified atom stereocenters. The van der Waals surface area contributed by atoms with Crippen LogP contribution in [-0.2, 0) is 11.3 Å². The largest absolute Gasteiger partial charge is 0.342 e. The number of nitrogens with two attached hydrogens (primary N) is 1. The van der Waals surface area contributed by atoms with Crippen LogP contribution in [0.3, 0.4) is 0 Å². The van der Waals surface area contributed by atoms with Gasteiger partial charge in [0.15, 0.2) is 0 Å². The lowest BCUT2D eigenvalue weighted by molar-refractivity contribution is -0.137. The van der Waals surface area contributed by atoms with Crippen molar-refractivity contribution in [3.05, 3.63) is 12.7 Å². The lowest BCUT2D eigenvalue weighted by Gasteiger charge is -2.35. The number of amides is 1. The summed E-state index contributed by atoms with van der Waals surface area (Å²) in [6.45, 7) is 2.57. The van der Waals surface area contributed by atoms with Crippen LogP contribution in [0.15, 0.2) is 12.7 Å². The first-order valence-electron chi connectivity index (χ1n) is 7.61. The Morgan fingerprint density at radius 3 is 2.90 bits per heavy atom. The molecule has 2 fully saturated rings. The third-order valence-electron chi connectivity index (χ3n) is 4.63. The van der Waals surface area contributed by atoms with Gasteiger partial charge in [0.2, 0.25) is 5.91 Å². The minimum atomic E-state index is 0.0557. The van der Waals surface area contributed by atoms with Crippen molar-refractivity contribution in [3.8, 4) is 0 Å². The Balaban J connectivity index is 1.58. The molecule has 6 nitrogen and oxygen atoms in total. The Kier molecular flexibility index (Phi) is 4.00. The van der Waals surface area contributed by atoms with Gasteiger partial charge in [-0.1, -0.05) is 6.42 Å². The van der Waals surface area contributed by atoms with Gasteiger partial charge >= 0.3 is 0 Å². The van der Waals surface area contributed by atoms with E-state index in [2.05, 4.69) is 10.1 Å². The highest BCUT2D eigenvalue weighted by Crippen LogP contribution is 2.28. The van der Waals surface area contributed by atoms with Crippen LogP contribution >= 0.6 is 0 Å². The van der Waals surface area contributed by atoms with Gasteiger partial charge in [0.05, 0.1) is 5.92 Å². The summed E-state index contributed by atoms with van der Waals surface area (Å²) in [6.07, 6.45) is 8.58. The van der Waals surface area contributed by atoms with E-state index in [0.29, 0.717) is 5.92 Å². The molecule has 1 saturated carbocycles. The third kappa shape index (κ3) is 2.85. The second-order valence-electron chi connectivity index (χ2n) is 6.11. The van der Waals surface area contributed by atoms with E-state index >= 15 is 0 Å². The number of piperidine rings is 1. The molecule has 1 amide bonds. The summed E-state index contributed by atoms with van der Waals surface area (Å²) in [7, 11) is 0. The Labute approximate surface area is 119 Å². The predicted octanol–water partition coefficient (Wildman–Crippen LogP) is 0.644. The number of likely N-dealkylation sites (tertiary alicyclic amines) is 1. The number of hydrogen-bond donors (Lipinski definition) is 1. The average molecular weight is 277 g/mol. The minimum Gasteiger partial charge on any atom is -0.342 e. The molecule has 1 aliphatic carbocycles. The molecule has 3 rings (SSSR count).